The highest BCUT2D eigenvalue weighted by Crippen LogP contribution is 2.23. The molecule has 1 aliphatic heterocycles. The van der Waals surface area contributed by atoms with Crippen LogP contribution in [0, 0.1) is 6.92 Å². The van der Waals surface area contributed by atoms with Gasteiger partial charge < -0.3 is 9.64 Å². The molecule has 0 bridgehead atoms. The van der Waals surface area contributed by atoms with Crippen LogP contribution in [0.2, 0.25) is 0 Å². The van der Waals surface area contributed by atoms with Crippen LogP contribution >= 0.6 is 0 Å². The fraction of sp³-hybridized carbons (Fsp3) is 0.478. The first-order valence-corrected chi connectivity index (χ1v) is 14.4. The average Bonchev–Trinajstić information content (AvgIpc) is 2.69. The zero-order valence-electron chi connectivity index (χ0n) is 20.2. The Labute approximate surface area is 203 Å². The van der Waals surface area contributed by atoms with E-state index < -0.39 is 20.2 Å². The van der Waals surface area contributed by atoms with E-state index in [4.69, 9.17) is 13.8 Å². The molecule has 192 valence electrons. The summed E-state index contributed by atoms with van der Waals surface area (Å²) in [6, 6.07) is 17.1. The third-order valence-corrected chi connectivity index (χ3v) is 4.71. The van der Waals surface area contributed by atoms with Crippen molar-refractivity contribution in [1.29, 1.82) is 0 Å². The second-order valence-electron chi connectivity index (χ2n) is 8.23. The number of nitrogens with zero attached hydrogens (tertiary/aromatic N) is 2. The summed E-state index contributed by atoms with van der Waals surface area (Å²) in [7, 11) is -5.14. The van der Waals surface area contributed by atoms with E-state index in [2.05, 4.69) is 72.3 Å². The van der Waals surface area contributed by atoms with Gasteiger partial charge in [0, 0.05) is 39.1 Å². The Morgan fingerprint density at radius 1 is 0.882 bits per heavy atom. The Morgan fingerprint density at radius 2 is 1.41 bits per heavy atom. The minimum Gasteiger partial charge on any atom is -0.492 e. The van der Waals surface area contributed by atoms with Gasteiger partial charge in [-0.15, -0.1) is 0 Å². The maximum Gasteiger partial charge on any atom is 0.261 e. The maximum absolute atomic E-state index is 9.19. The molecule has 0 spiro atoms. The van der Waals surface area contributed by atoms with Crippen LogP contribution in [-0.4, -0.2) is 94.6 Å². The third-order valence-electron chi connectivity index (χ3n) is 4.71. The summed E-state index contributed by atoms with van der Waals surface area (Å²) in [4.78, 5) is 4.88. The van der Waals surface area contributed by atoms with Gasteiger partial charge in [-0.25, -0.2) is 0 Å². The lowest BCUT2D eigenvalue weighted by Gasteiger charge is -2.32. The highest BCUT2D eigenvalue weighted by atomic mass is 32.2. The molecule has 0 radical (unpaired) electrons. The minimum absolute atomic E-state index is 0.715. The van der Waals surface area contributed by atoms with Gasteiger partial charge in [-0.05, 0) is 31.2 Å². The van der Waals surface area contributed by atoms with E-state index in [1.807, 2.05) is 0 Å². The smallest absolute Gasteiger partial charge is 0.261 e. The van der Waals surface area contributed by atoms with Crippen LogP contribution in [0.15, 0.2) is 48.5 Å². The summed E-state index contributed by atoms with van der Waals surface area (Å²) in [5.74, 6) is 1.03. The molecule has 2 aromatic rings. The van der Waals surface area contributed by atoms with Crippen molar-refractivity contribution < 1.29 is 30.7 Å². The quantitative estimate of drug-likeness (QED) is 0.556. The molecule has 0 atom stereocenters. The third kappa shape index (κ3) is 16.6. The van der Waals surface area contributed by atoms with Crippen LogP contribution < -0.4 is 4.74 Å². The predicted octanol–water partition coefficient (Wildman–Crippen LogP) is 2.22. The molecule has 3 rings (SSSR count). The lowest BCUT2D eigenvalue weighted by molar-refractivity contribution is 0.133. The van der Waals surface area contributed by atoms with Crippen molar-refractivity contribution in [2.75, 3.05) is 58.9 Å². The van der Waals surface area contributed by atoms with Crippen molar-refractivity contribution in [2.24, 2.45) is 0 Å². The molecule has 1 heterocycles. The fourth-order valence-corrected chi connectivity index (χ4v) is 3.16. The first kappa shape index (κ1) is 30.0. The first-order valence-electron chi connectivity index (χ1n) is 10.7. The van der Waals surface area contributed by atoms with Gasteiger partial charge in [-0.1, -0.05) is 48.0 Å². The van der Waals surface area contributed by atoms with Crippen LogP contribution in [0.4, 0.5) is 0 Å². The van der Waals surface area contributed by atoms with E-state index in [0.717, 1.165) is 51.5 Å². The molecular weight excluding hydrogens is 480 g/mol. The number of hydrogen-bond donors (Lipinski definition) is 2. The molecule has 0 amide bonds. The van der Waals surface area contributed by atoms with E-state index in [9.17, 15) is 16.8 Å². The second-order valence-corrected chi connectivity index (χ2v) is 11.2. The molecule has 0 aliphatic carbocycles. The van der Waals surface area contributed by atoms with E-state index >= 15 is 0 Å². The van der Waals surface area contributed by atoms with Gasteiger partial charge in [0.05, 0.1) is 12.5 Å². The Balaban J connectivity index is 0.000000489. The van der Waals surface area contributed by atoms with Crippen LogP contribution in [0.5, 0.6) is 5.75 Å². The number of hydrogen-bond acceptors (Lipinski definition) is 7. The Hall–Kier alpha value is -2.02. The predicted molar refractivity (Wildman–Crippen MR) is 135 cm³/mol. The number of rotatable bonds is 6. The van der Waals surface area contributed by atoms with Gasteiger partial charge in [-0.3, -0.25) is 14.0 Å². The zero-order valence-corrected chi connectivity index (χ0v) is 21.8. The number of piperazine rings is 1. The van der Waals surface area contributed by atoms with Gasteiger partial charge >= 0.3 is 0 Å². The van der Waals surface area contributed by atoms with Gasteiger partial charge in [0.2, 0.25) is 0 Å². The van der Waals surface area contributed by atoms with E-state index in [0.29, 0.717) is 12.5 Å². The topological polar surface area (TPSA) is 124 Å². The van der Waals surface area contributed by atoms with Crippen LogP contribution in [0.25, 0.3) is 0 Å². The fourth-order valence-electron chi connectivity index (χ4n) is 3.16. The summed E-state index contributed by atoms with van der Waals surface area (Å²) >= 11 is 0. The van der Waals surface area contributed by atoms with Crippen LogP contribution in [0.3, 0.4) is 0 Å². The molecule has 0 aromatic heterocycles. The highest BCUT2D eigenvalue weighted by Gasteiger charge is 2.13. The van der Waals surface area contributed by atoms with Crippen molar-refractivity contribution in [3.63, 3.8) is 0 Å². The summed E-state index contributed by atoms with van der Waals surface area (Å²) in [6.07, 6.45) is 2.35. The van der Waals surface area contributed by atoms with Crippen LogP contribution in [-0.2, 0) is 26.7 Å². The van der Waals surface area contributed by atoms with Crippen molar-refractivity contribution in [2.45, 2.75) is 13.3 Å². The molecule has 9 nitrogen and oxygen atoms in total. The van der Waals surface area contributed by atoms with Gasteiger partial charge in [0.25, 0.3) is 20.2 Å². The summed E-state index contributed by atoms with van der Waals surface area (Å²) in [5.41, 5.74) is 3.89. The highest BCUT2D eigenvalue weighted by molar-refractivity contribution is 7.85. The van der Waals surface area contributed by atoms with Crippen molar-refractivity contribution >= 4 is 20.2 Å². The molecule has 2 aromatic carbocycles. The van der Waals surface area contributed by atoms with Crippen molar-refractivity contribution in [3.05, 3.63) is 65.2 Å². The molecule has 2 N–H and O–H groups in total. The zero-order chi connectivity index (χ0) is 25.8. The molecule has 0 unspecified atom stereocenters. The number of ether oxygens (including phenoxy) is 1. The normalized spacial score (nSPS) is 14.9. The molecule has 11 heteroatoms. The molecule has 1 saturated heterocycles. The van der Waals surface area contributed by atoms with Crippen LogP contribution in [0.1, 0.15) is 16.7 Å². The standard InChI is InChI=1S/C21H28N2O.2CH4O3S/c1-18-8-9-21(20(16-18)17-19-6-4-3-5-7-19)24-15-14-23-12-10-22(2)11-13-23;2*1-5(2,3)4/h3-9,16H,10-15,17H2,1-2H3;2*1H3,(H,2,3,4). The first-order chi connectivity index (χ1) is 15.7. The molecule has 1 aliphatic rings. The lowest BCUT2D eigenvalue weighted by atomic mass is 10.0. The molecule has 34 heavy (non-hydrogen) atoms. The Morgan fingerprint density at radius 3 is 1.94 bits per heavy atom. The van der Waals surface area contributed by atoms with Gasteiger partial charge in [-0.2, -0.15) is 16.8 Å². The monoisotopic (exact) mass is 516 g/mol. The minimum atomic E-state index is -3.67. The summed E-state index contributed by atoms with van der Waals surface area (Å²) in [6.45, 7) is 8.51. The largest absolute Gasteiger partial charge is 0.492 e. The maximum atomic E-state index is 9.19. The van der Waals surface area contributed by atoms with E-state index in [1.165, 1.54) is 16.7 Å². The van der Waals surface area contributed by atoms with E-state index in [-0.39, 0.29) is 0 Å². The van der Waals surface area contributed by atoms with Gasteiger partial charge in [0.1, 0.15) is 12.4 Å². The number of likely N-dealkylation sites (N-methyl/N-ethyl adjacent to an activating group) is 1. The number of aryl methyl sites for hydroxylation is 1. The number of benzene rings is 2. The van der Waals surface area contributed by atoms with Crippen molar-refractivity contribution in [3.8, 4) is 5.75 Å². The Kier molecular flexibility index (Phi) is 12.7. The van der Waals surface area contributed by atoms with E-state index in [1.54, 1.807) is 0 Å². The Bertz CT molecular complexity index is 1020. The lowest BCUT2D eigenvalue weighted by Crippen LogP contribution is -2.45. The molecular formula is C23H36N2O7S2. The SMILES string of the molecule is CS(=O)(=O)O.CS(=O)(=O)O.Cc1ccc(OCCN2CCN(C)CC2)c(Cc2ccccc2)c1. The summed E-state index contributed by atoms with van der Waals surface area (Å²) < 4.78 is 57.9. The molecule has 1 fully saturated rings. The average molecular weight is 517 g/mol. The second kappa shape index (κ2) is 14.4. The van der Waals surface area contributed by atoms with Gasteiger partial charge in [0.15, 0.2) is 0 Å². The van der Waals surface area contributed by atoms with Crippen molar-refractivity contribution in [1.82, 2.24) is 9.80 Å². The summed E-state index contributed by atoms with van der Waals surface area (Å²) in [5, 5.41) is 0. The molecule has 0 saturated carbocycles.